The number of phenols is 1. The number of carbonyl (C=O) groups is 1. The van der Waals surface area contributed by atoms with Crippen LogP contribution in [0.2, 0.25) is 5.02 Å². The van der Waals surface area contributed by atoms with Crippen molar-refractivity contribution >= 4 is 35.5 Å². The smallest absolute Gasteiger partial charge is 0.250 e. The average molecular weight is 351 g/mol. The van der Waals surface area contributed by atoms with E-state index in [2.05, 4.69) is 20.5 Å². The van der Waals surface area contributed by atoms with Crippen LogP contribution in [-0.4, -0.2) is 32.9 Å². The highest BCUT2D eigenvalue weighted by Crippen LogP contribution is 2.22. The van der Waals surface area contributed by atoms with Crippen molar-refractivity contribution in [1.29, 1.82) is 0 Å². The van der Waals surface area contributed by atoms with E-state index in [1.165, 1.54) is 24.0 Å². The molecule has 0 saturated carbocycles. The van der Waals surface area contributed by atoms with Crippen LogP contribution >= 0.6 is 23.4 Å². The van der Waals surface area contributed by atoms with Crippen LogP contribution in [0.5, 0.6) is 5.75 Å². The van der Waals surface area contributed by atoms with Crippen LogP contribution in [0.3, 0.4) is 0 Å². The van der Waals surface area contributed by atoms with Gasteiger partial charge in [0.15, 0.2) is 5.16 Å². The number of hydrogen-bond donors (Lipinski definition) is 2. The van der Waals surface area contributed by atoms with Gasteiger partial charge in [-0.05, 0) is 43.7 Å². The van der Waals surface area contributed by atoms with Gasteiger partial charge in [-0.2, -0.15) is 5.10 Å². The number of nitrogens with zero attached hydrogens (tertiary/aromatic N) is 3. The molecule has 0 unspecified atom stereocenters. The summed E-state index contributed by atoms with van der Waals surface area (Å²) in [5.74, 6) is -0.104. The Hall–Kier alpha value is -2.12. The number of rotatable bonds is 5. The predicted molar refractivity (Wildman–Crippen MR) is 91.1 cm³/mol. The first kappa shape index (κ1) is 17.2. The number of carbonyl (C=O) groups excluding carboxylic acids is 1. The number of aryl methyl sites for hydroxylation is 2. The van der Waals surface area contributed by atoms with E-state index >= 15 is 0 Å². The lowest BCUT2D eigenvalue weighted by Crippen LogP contribution is -2.19. The van der Waals surface area contributed by atoms with E-state index in [1.807, 2.05) is 19.9 Å². The molecule has 0 aliphatic rings. The summed E-state index contributed by atoms with van der Waals surface area (Å²) in [6, 6.07) is 6.51. The molecule has 1 amide bonds. The van der Waals surface area contributed by atoms with E-state index in [-0.39, 0.29) is 22.4 Å². The number of thioether (sulfide) groups is 1. The molecule has 2 aromatic rings. The van der Waals surface area contributed by atoms with Crippen LogP contribution in [0.1, 0.15) is 17.0 Å². The monoisotopic (exact) mass is 350 g/mol. The number of aromatic hydroxyl groups is 1. The molecule has 0 fully saturated rings. The van der Waals surface area contributed by atoms with Gasteiger partial charge in [0.05, 0.1) is 17.0 Å². The Morgan fingerprint density at radius 2 is 2.04 bits per heavy atom. The summed E-state index contributed by atoms with van der Waals surface area (Å²) in [6.07, 6.45) is 1.45. The summed E-state index contributed by atoms with van der Waals surface area (Å²) in [4.78, 5) is 20.2. The van der Waals surface area contributed by atoms with Crippen molar-refractivity contribution < 1.29 is 9.90 Å². The Balaban J connectivity index is 1.85. The second-order valence-corrected chi connectivity index (χ2v) is 6.08. The fourth-order valence-corrected chi connectivity index (χ4v) is 2.63. The molecule has 0 saturated heterocycles. The van der Waals surface area contributed by atoms with E-state index in [9.17, 15) is 9.90 Å². The quantitative estimate of drug-likeness (QED) is 0.374. The average Bonchev–Trinajstić information content (AvgIpc) is 2.48. The molecule has 6 nitrogen and oxygen atoms in total. The summed E-state index contributed by atoms with van der Waals surface area (Å²) in [7, 11) is 0. The van der Waals surface area contributed by atoms with Crippen molar-refractivity contribution in [2.24, 2.45) is 5.10 Å². The molecule has 0 bridgehead atoms. The van der Waals surface area contributed by atoms with Crippen molar-refractivity contribution in [3.8, 4) is 5.75 Å². The van der Waals surface area contributed by atoms with E-state index in [4.69, 9.17) is 11.6 Å². The summed E-state index contributed by atoms with van der Waals surface area (Å²) in [5.41, 5.74) is 4.81. The zero-order chi connectivity index (χ0) is 16.8. The van der Waals surface area contributed by atoms with Gasteiger partial charge in [-0.3, -0.25) is 4.79 Å². The maximum Gasteiger partial charge on any atom is 0.250 e. The van der Waals surface area contributed by atoms with Crippen LogP contribution in [-0.2, 0) is 4.79 Å². The fourth-order valence-electron chi connectivity index (χ4n) is 1.70. The van der Waals surface area contributed by atoms with Gasteiger partial charge in [0.25, 0.3) is 5.91 Å². The van der Waals surface area contributed by atoms with Crippen LogP contribution in [0.25, 0.3) is 0 Å². The van der Waals surface area contributed by atoms with Gasteiger partial charge in [-0.15, -0.1) is 0 Å². The SMILES string of the molecule is Cc1cc(C)nc(SCC(=O)N/N=C\c2ccc(O)c(Cl)c2)n1. The lowest BCUT2D eigenvalue weighted by atomic mass is 10.2. The maximum atomic E-state index is 11.7. The number of benzene rings is 1. The van der Waals surface area contributed by atoms with E-state index in [1.54, 1.807) is 12.1 Å². The van der Waals surface area contributed by atoms with Crippen LogP contribution in [0, 0.1) is 13.8 Å². The summed E-state index contributed by atoms with van der Waals surface area (Å²) >= 11 is 7.03. The summed E-state index contributed by atoms with van der Waals surface area (Å²) < 4.78 is 0. The van der Waals surface area contributed by atoms with E-state index in [0.29, 0.717) is 10.7 Å². The second-order valence-electron chi connectivity index (χ2n) is 4.73. The molecular formula is C15H15ClN4O2S. The standard InChI is InChI=1S/C15H15ClN4O2S/c1-9-5-10(2)19-15(18-9)23-8-14(22)20-17-7-11-3-4-13(21)12(16)6-11/h3-7,21H,8H2,1-2H3,(H,20,22)/b17-7-. The first-order chi connectivity index (χ1) is 10.9. The second kappa shape index (κ2) is 7.94. The highest BCUT2D eigenvalue weighted by atomic mass is 35.5. The Labute approximate surface area is 143 Å². The maximum absolute atomic E-state index is 11.7. The number of amides is 1. The molecule has 0 aliphatic carbocycles. The van der Waals surface area contributed by atoms with E-state index < -0.39 is 0 Å². The Morgan fingerprint density at radius 3 is 2.70 bits per heavy atom. The first-order valence-corrected chi connectivity index (χ1v) is 8.06. The number of hydrogen-bond acceptors (Lipinski definition) is 6. The third-order valence-electron chi connectivity index (χ3n) is 2.67. The van der Waals surface area contributed by atoms with Crippen LogP contribution in [0.15, 0.2) is 34.5 Å². The van der Waals surface area contributed by atoms with Crippen molar-refractivity contribution in [3.05, 3.63) is 46.2 Å². The third kappa shape index (κ3) is 5.54. The number of hydrazone groups is 1. The minimum absolute atomic E-state index is 0.00213. The molecule has 0 aliphatic heterocycles. The minimum Gasteiger partial charge on any atom is -0.506 e. The molecule has 23 heavy (non-hydrogen) atoms. The van der Waals surface area contributed by atoms with Gasteiger partial charge >= 0.3 is 0 Å². The Morgan fingerprint density at radius 1 is 1.35 bits per heavy atom. The van der Waals surface area contributed by atoms with Gasteiger partial charge in [0.2, 0.25) is 0 Å². The highest BCUT2D eigenvalue weighted by molar-refractivity contribution is 7.99. The number of nitrogens with one attached hydrogen (secondary N) is 1. The fraction of sp³-hybridized carbons (Fsp3) is 0.200. The third-order valence-corrected chi connectivity index (χ3v) is 3.82. The van der Waals surface area contributed by atoms with E-state index in [0.717, 1.165) is 11.4 Å². The lowest BCUT2D eigenvalue weighted by Gasteiger charge is -2.02. The van der Waals surface area contributed by atoms with Crippen molar-refractivity contribution in [2.75, 3.05) is 5.75 Å². The number of phenolic OH excluding ortho intramolecular Hbond substituents is 1. The van der Waals surface area contributed by atoms with Crippen molar-refractivity contribution in [1.82, 2.24) is 15.4 Å². The summed E-state index contributed by atoms with van der Waals surface area (Å²) in [5, 5.41) is 13.9. The van der Waals surface area contributed by atoms with Gasteiger partial charge in [-0.25, -0.2) is 15.4 Å². The molecule has 0 radical (unpaired) electrons. The zero-order valence-electron chi connectivity index (χ0n) is 12.6. The molecule has 1 aromatic carbocycles. The normalized spacial score (nSPS) is 10.9. The Kier molecular flexibility index (Phi) is 5.95. The molecule has 2 N–H and O–H groups in total. The van der Waals surface area contributed by atoms with Crippen LogP contribution < -0.4 is 5.43 Å². The van der Waals surface area contributed by atoms with Crippen molar-refractivity contribution in [3.63, 3.8) is 0 Å². The van der Waals surface area contributed by atoms with Crippen LogP contribution in [0.4, 0.5) is 0 Å². The largest absolute Gasteiger partial charge is 0.506 e. The highest BCUT2D eigenvalue weighted by Gasteiger charge is 2.05. The lowest BCUT2D eigenvalue weighted by molar-refractivity contribution is -0.118. The number of halogens is 1. The minimum atomic E-state index is -0.265. The van der Waals surface area contributed by atoms with Crippen molar-refractivity contribution in [2.45, 2.75) is 19.0 Å². The topological polar surface area (TPSA) is 87.5 Å². The molecule has 0 atom stereocenters. The summed E-state index contributed by atoms with van der Waals surface area (Å²) in [6.45, 7) is 3.76. The molecule has 8 heteroatoms. The predicted octanol–water partition coefficient (Wildman–Crippen LogP) is 2.69. The van der Waals surface area contributed by atoms with Gasteiger partial charge in [-0.1, -0.05) is 23.4 Å². The molecule has 2 rings (SSSR count). The zero-order valence-corrected chi connectivity index (χ0v) is 14.1. The Bertz CT molecular complexity index is 732. The molecule has 1 aromatic heterocycles. The molecule has 0 spiro atoms. The van der Waals surface area contributed by atoms with Gasteiger partial charge in [0, 0.05) is 11.4 Å². The first-order valence-electron chi connectivity index (χ1n) is 6.69. The molecular weight excluding hydrogens is 336 g/mol. The molecule has 1 heterocycles. The van der Waals surface area contributed by atoms with Gasteiger partial charge < -0.3 is 5.11 Å². The van der Waals surface area contributed by atoms with Gasteiger partial charge in [0.1, 0.15) is 5.75 Å². The number of aromatic nitrogens is 2. The molecule has 120 valence electrons.